The van der Waals surface area contributed by atoms with Crippen molar-refractivity contribution in [3.8, 4) is 0 Å². The van der Waals surface area contributed by atoms with Gasteiger partial charge in [0.25, 0.3) is 0 Å². The first-order valence-corrected chi connectivity index (χ1v) is 5.16. The average molecular weight is 179 g/mol. The summed E-state index contributed by atoms with van der Waals surface area (Å²) in [6, 6.07) is 4.59. The molecule has 2 nitrogen and oxygen atoms in total. The van der Waals surface area contributed by atoms with Crippen LogP contribution < -0.4 is 5.32 Å². The van der Waals surface area contributed by atoms with Crippen molar-refractivity contribution < 1.29 is 4.42 Å². The van der Waals surface area contributed by atoms with Gasteiger partial charge in [-0.15, -0.1) is 0 Å². The predicted molar refractivity (Wildman–Crippen MR) is 52.7 cm³/mol. The Kier molecular flexibility index (Phi) is 2.69. The number of hydrogen-bond acceptors (Lipinski definition) is 2. The van der Waals surface area contributed by atoms with Gasteiger partial charge in [0.05, 0.1) is 6.04 Å². The quantitative estimate of drug-likeness (QED) is 0.717. The van der Waals surface area contributed by atoms with Gasteiger partial charge in [0.15, 0.2) is 0 Å². The number of aryl methyl sites for hydroxylation is 1. The summed E-state index contributed by atoms with van der Waals surface area (Å²) >= 11 is 0. The third-order valence-corrected chi connectivity index (χ3v) is 2.66. The van der Waals surface area contributed by atoms with Gasteiger partial charge in [-0.2, -0.15) is 0 Å². The van der Waals surface area contributed by atoms with Crippen molar-refractivity contribution in [3.05, 3.63) is 23.7 Å². The van der Waals surface area contributed by atoms with E-state index in [9.17, 15) is 0 Å². The minimum Gasteiger partial charge on any atom is -0.465 e. The van der Waals surface area contributed by atoms with Crippen LogP contribution in [0.2, 0.25) is 0 Å². The lowest BCUT2D eigenvalue weighted by Crippen LogP contribution is -2.19. The maximum Gasteiger partial charge on any atom is 0.121 e. The highest BCUT2D eigenvalue weighted by atomic mass is 16.3. The molecular formula is C11H17NO. The lowest BCUT2D eigenvalue weighted by molar-refractivity contribution is 0.397. The van der Waals surface area contributed by atoms with E-state index in [0.29, 0.717) is 6.04 Å². The molecule has 0 radical (unpaired) electrons. The zero-order valence-corrected chi connectivity index (χ0v) is 8.18. The molecule has 1 N–H and O–H groups in total. The van der Waals surface area contributed by atoms with Gasteiger partial charge in [0.2, 0.25) is 0 Å². The lowest BCUT2D eigenvalue weighted by atomic mass is 10.1. The molecule has 1 aromatic rings. The Morgan fingerprint density at radius 1 is 1.31 bits per heavy atom. The number of nitrogens with one attached hydrogen (secondary N) is 1. The fourth-order valence-electron chi connectivity index (χ4n) is 1.91. The Bertz CT molecular complexity index is 259. The minimum atomic E-state index is 0.455. The molecule has 0 bridgehead atoms. The van der Waals surface area contributed by atoms with Gasteiger partial charge in [0.1, 0.15) is 11.5 Å². The minimum absolute atomic E-state index is 0.455. The van der Waals surface area contributed by atoms with Gasteiger partial charge in [-0.25, -0.2) is 0 Å². The van der Waals surface area contributed by atoms with E-state index in [0.717, 1.165) is 18.1 Å². The standard InChI is InChI=1S/C11H17NO/c1-9-6-7-11(13-9)10-5-3-2-4-8-12-10/h6-7,10,12H,2-5,8H2,1H3/t10-/m1/s1. The van der Waals surface area contributed by atoms with E-state index in [1.54, 1.807) is 0 Å². The van der Waals surface area contributed by atoms with Crippen LogP contribution in [0.5, 0.6) is 0 Å². The summed E-state index contributed by atoms with van der Waals surface area (Å²) in [4.78, 5) is 0. The second kappa shape index (κ2) is 3.97. The second-order valence-corrected chi connectivity index (χ2v) is 3.80. The molecule has 1 aliphatic rings. The monoisotopic (exact) mass is 179 g/mol. The molecule has 0 aromatic carbocycles. The molecule has 0 amide bonds. The molecule has 13 heavy (non-hydrogen) atoms. The molecule has 1 saturated heterocycles. The van der Waals surface area contributed by atoms with Crippen molar-refractivity contribution >= 4 is 0 Å². The van der Waals surface area contributed by atoms with Gasteiger partial charge < -0.3 is 9.73 Å². The molecule has 2 heterocycles. The molecule has 0 spiro atoms. The molecule has 0 aliphatic carbocycles. The number of rotatable bonds is 1. The average Bonchev–Trinajstić information content (AvgIpc) is 2.43. The first-order valence-electron chi connectivity index (χ1n) is 5.16. The topological polar surface area (TPSA) is 25.2 Å². The van der Waals surface area contributed by atoms with E-state index in [4.69, 9.17) is 4.42 Å². The Labute approximate surface area is 79.3 Å². The molecule has 1 atom stereocenters. The van der Waals surface area contributed by atoms with E-state index in [2.05, 4.69) is 11.4 Å². The Balaban J connectivity index is 2.06. The van der Waals surface area contributed by atoms with Crippen LogP contribution in [-0.4, -0.2) is 6.54 Å². The van der Waals surface area contributed by atoms with Crippen molar-refractivity contribution in [1.82, 2.24) is 5.32 Å². The van der Waals surface area contributed by atoms with E-state index < -0.39 is 0 Å². The summed E-state index contributed by atoms with van der Waals surface area (Å²) in [7, 11) is 0. The molecule has 2 heteroatoms. The molecular weight excluding hydrogens is 162 g/mol. The molecule has 0 unspecified atom stereocenters. The van der Waals surface area contributed by atoms with Gasteiger partial charge in [-0.1, -0.05) is 12.8 Å². The van der Waals surface area contributed by atoms with Crippen LogP contribution in [0.15, 0.2) is 16.5 Å². The van der Waals surface area contributed by atoms with Crippen LogP contribution in [0.3, 0.4) is 0 Å². The van der Waals surface area contributed by atoms with Crippen LogP contribution in [-0.2, 0) is 0 Å². The lowest BCUT2D eigenvalue weighted by Gasteiger charge is -2.12. The van der Waals surface area contributed by atoms with E-state index in [-0.39, 0.29) is 0 Å². The smallest absolute Gasteiger partial charge is 0.121 e. The highest BCUT2D eigenvalue weighted by molar-refractivity contribution is 5.09. The van der Waals surface area contributed by atoms with Crippen molar-refractivity contribution in [3.63, 3.8) is 0 Å². The van der Waals surface area contributed by atoms with Crippen molar-refractivity contribution in [2.75, 3.05) is 6.54 Å². The van der Waals surface area contributed by atoms with Crippen LogP contribution >= 0.6 is 0 Å². The molecule has 1 aliphatic heterocycles. The molecule has 0 saturated carbocycles. The summed E-state index contributed by atoms with van der Waals surface area (Å²) < 4.78 is 5.62. The maximum absolute atomic E-state index is 5.62. The van der Waals surface area contributed by atoms with Crippen molar-refractivity contribution in [2.24, 2.45) is 0 Å². The number of furan rings is 1. The van der Waals surface area contributed by atoms with Crippen molar-refractivity contribution in [1.29, 1.82) is 0 Å². The second-order valence-electron chi connectivity index (χ2n) is 3.80. The van der Waals surface area contributed by atoms with Gasteiger partial charge >= 0.3 is 0 Å². The number of hydrogen-bond donors (Lipinski definition) is 1. The third kappa shape index (κ3) is 2.13. The normalized spacial score (nSPS) is 24.2. The summed E-state index contributed by atoms with van der Waals surface area (Å²) in [5, 5.41) is 3.52. The highest BCUT2D eigenvalue weighted by Gasteiger charge is 2.15. The fourth-order valence-corrected chi connectivity index (χ4v) is 1.91. The summed E-state index contributed by atoms with van der Waals surface area (Å²) in [5.41, 5.74) is 0. The zero-order valence-electron chi connectivity index (χ0n) is 8.18. The summed E-state index contributed by atoms with van der Waals surface area (Å²) in [5.74, 6) is 2.13. The van der Waals surface area contributed by atoms with E-state index in [1.165, 1.54) is 25.7 Å². The van der Waals surface area contributed by atoms with Crippen LogP contribution in [0.4, 0.5) is 0 Å². The third-order valence-electron chi connectivity index (χ3n) is 2.66. The van der Waals surface area contributed by atoms with Crippen LogP contribution in [0.25, 0.3) is 0 Å². The Morgan fingerprint density at radius 2 is 2.23 bits per heavy atom. The first-order chi connectivity index (χ1) is 6.36. The zero-order chi connectivity index (χ0) is 9.10. The predicted octanol–water partition coefficient (Wildman–Crippen LogP) is 2.79. The Hall–Kier alpha value is -0.760. The van der Waals surface area contributed by atoms with Crippen molar-refractivity contribution in [2.45, 2.75) is 38.6 Å². The van der Waals surface area contributed by atoms with Gasteiger partial charge in [-0.3, -0.25) is 0 Å². The van der Waals surface area contributed by atoms with E-state index in [1.807, 2.05) is 13.0 Å². The van der Waals surface area contributed by atoms with Crippen LogP contribution in [0.1, 0.15) is 43.2 Å². The van der Waals surface area contributed by atoms with Gasteiger partial charge in [-0.05, 0) is 38.4 Å². The SMILES string of the molecule is Cc1ccc([C@H]2CCCCCN2)o1. The molecule has 72 valence electrons. The Morgan fingerprint density at radius 3 is 3.00 bits per heavy atom. The molecule has 1 fully saturated rings. The largest absolute Gasteiger partial charge is 0.465 e. The molecule has 2 rings (SSSR count). The molecule has 1 aromatic heterocycles. The fraction of sp³-hybridized carbons (Fsp3) is 0.636. The first kappa shape index (κ1) is 8.82. The summed E-state index contributed by atoms with van der Waals surface area (Å²) in [6.45, 7) is 3.13. The van der Waals surface area contributed by atoms with Crippen LogP contribution in [0, 0.1) is 6.92 Å². The maximum atomic E-state index is 5.62. The highest BCUT2D eigenvalue weighted by Crippen LogP contribution is 2.23. The van der Waals surface area contributed by atoms with E-state index >= 15 is 0 Å². The summed E-state index contributed by atoms with van der Waals surface area (Å²) in [6.07, 6.45) is 5.18. The van der Waals surface area contributed by atoms with Gasteiger partial charge in [0, 0.05) is 0 Å².